The summed E-state index contributed by atoms with van der Waals surface area (Å²) < 4.78 is 13.5. The Morgan fingerprint density at radius 2 is 2.19 bits per heavy atom. The van der Waals surface area contributed by atoms with Crippen molar-refractivity contribution in [2.24, 2.45) is 5.73 Å². The number of hydrogen-bond acceptors (Lipinski definition) is 4. The second-order valence-corrected chi connectivity index (χ2v) is 5.29. The van der Waals surface area contributed by atoms with Crippen LogP contribution in [0.1, 0.15) is 20.1 Å². The SMILES string of the molecule is NCC#Cc1ccc(CNC(=O)c2ccc(O)cc2F)s1. The molecule has 1 aromatic heterocycles. The third kappa shape index (κ3) is 4.05. The molecular weight excluding hydrogens is 291 g/mol. The zero-order valence-electron chi connectivity index (χ0n) is 11.0. The molecular formula is C15H13FN2O2S. The molecule has 0 aliphatic heterocycles. The highest BCUT2D eigenvalue weighted by molar-refractivity contribution is 7.12. The highest BCUT2D eigenvalue weighted by atomic mass is 32.1. The van der Waals surface area contributed by atoms with Crippen LogP contribution < -0.4 is 11.1 Å². The summed E-state index contributed by atoms with van der Waals surface area (Å²) in [5.74, 6) is 4.15. The average Bonchev–Trinajstić information content (AvgIpc) is 2.90. The number of benzene rings is 1. The summed E-state index contributed by atoms with van der Waals surface area (Å²) in [7, 11) is 0. The van der Waals surface area contributed by atoms with E-state index in [1.807, 2.05) is 12.1 Å². The van der Waals surface area contributed by atoms with Crippen molar-refractivity contribution in [3.8, 4) is 17.6 Å². The van der Waals surface area contributed by atoms with Crippen molar-refractivity contribution in [1.29, 1.82) is 0 Å². The van der Waals surface area contributed by atoms with Gasteiger partial charge in [0.15, 0.2) is 0 Å². The molecule has 4 N–H and O–H groups in total. The van der Waals surface area contributed by atoms with Crippen LogP contribution in [0.25, 0.3) is 0 Å². The molecule has 0 unspecified atom stereocenters. The number of halogens is 1. The maximum atomic E-state index is 13.5. The maximum absolute atomic E-state index is 13.5. The first kappa shape index (κ1) is 15.0. The monoisotopic (exact) mass is 304 g/mol. The minimum atomic E-state index is -0.756. The van der Waals surface area contributed by atoms with Gasteiger partial charge < -0.3 is 16.2 Å². The number of carbonyl (C=O) groups is 1. The van der Waals surface area contributed by atoms with Gasteiger partial charge in [0.25, 0.3) is 5.91 Å². The van der Waals surface area contributed by atoms with Crippen molar-refractivity contribution in [2.75, 3.05) is 6.54 Å². The largest absolute Gasteiger partial charge is 0.508 e. The number of carbonyl (C=O) groups excluding carboxylic acids is 1. The zero-order chi connectivity index (χ0) is 15.2. The van der Waals surface area contributed by atoms with Gasteiger partial charge in [-0.2, -0.15) is 0 Å². The lowest BCUT2D eigenvalue weighted by molar-refractivity contribution is 0.0947. The lowest BCUT2D eigenvalue weighted by atomic mass is 10.2. The lowest BCUT2D eigenvalue weighted by Crippen LogP contribution is -2.23. The topological polar surface area (TPSA) is 75.3 Å². The number of phenolic OH excluding ortho intramolecular Hbond substituents is 1. The number of thiophene rings is 1. The van der Waals surface area contributed by atoms with Gasteiger partial charge in [-0.1, -0.05) is 11.8 Å². The zero-order valence-corrected chi connectivity index (χ0v) is 11.8. The molecule has 0 saturated heterocycles. The summed E-state index contributed by atoms with van der Waals surface area (Å²) >= 11 is 1.44. The molecule has 0 radical (unpaired) electrons. The second kappa shape index (κ2) is 6.88. The van der Waals surface area contributed by atoms with Crippen LogP contribution in [0.3, 0.4) is 0 Å². The van der Waals surface area contributed by atoms with Gasteiger partial charge in [0, 0.05) is 10.9 Å². The van der Waals surface area contributed by atoms with Crippen LogP contribution in [0.2, 0.25) is 0 Å². The van der Waals surface area contributed by atoms with E-state index in [2.05, 4.69) is 17.2 Å². The van der Waals surface area contributed by atoms with Gasteiger partial charge in [0.1, 0.15) is 11.6 Å². The molecule has 0 bridgehead atoms. The number of rotatable bonds is 3. The Kier molecular flexibility index (Phi) is 4.93. The summed E-state index contributed by atoms with van der Waals surface area (Å²) in [6.45, 7) is 0.582. The van der Waals surface area contributed by atoms with Crippen molar-refractivity contribution < 1.29 is 14.3 Å². The van der Waals surface area contributed by atoms with Gasteiger partial charge in [0.2, 0.25) is 0 Å². The Bertz CT molecular complexity index is 716. The fourth-order valence-electron chi connectivity index (χ4n) is 1.63. The number of aromatic hydroxyl groups is 1. The van der Waals surface area contributed by atoms with Crippen LogP contribution in [0.15, 0.2) is 30.3 Å². The molecule has 0 aliphatic carbocycles. The van der Waals surface area contributed by atoms with Gasteiger partial charge in [-0.05, 0) is 24.3 Å². The first-order chi connectivity index (χ1) is 10.1. The minimum absolute atomic E-state index is 0.104. The van der Waals surface area contributed by atoms with E-state index in [0.29, 0.717) is 6.54 Å². The van der Waals surface area contributed by atoms with Gasteiger partial charge in [0.05, 0.1) is 23.5 Å². The quantitative estimate of drug-likeness (QED) is 0.757. The van der Waals surface area contributed by atoms with Gasteiger partial charge in [-0.15, -0.1) is 11.3 Å². The van der Waals surface area contributed by atoms with Crippen molar-refractivity contribution in [1.82, 2.24) is 5.32 Å². The summed E-state index contributed by atoms with van der Waals surface area (Å²) in [6, 6.07) is 7.10. The first-order valence-electron chi connectivity index (χ1n) is 6.14. The van der Waals surface area contributed by atoms with Crippen molar-refractivity contribution in [3.05, 3.63) is 51.5 Å². The number of nitrogens with one attached hydrogen (secondary N) is 1. The standard InChI is InChI=1S/C15H13FN2O2S/c16-14-8-10(19)3-6-13(14)15(20)18-9-12-5-4-11(21-12)2-1-7-17/h3-6,8,19H,7,9,17H2,(H,18,20). The van der Waals surface area contributed by atoms with Crippen LogP contribution in [-0.2, 0) is 6.54 Å². The van der Waals surface area contributed by atoms with Crippen LogP contribution >= 0.6 is 11.3 Å². The highest BCUT2D eigenvalue weighted by Gasteiger charge is 2.12. The molecule has 1 amide bonds. The van der Waals surface area contributed by atoms with E-state index in [1.54, 1.807) is 0 Å². The van der Waals surface area contributed by atoms with Crippen LogP contribution in [0.4, 0.5) is 4.39 Å². The molecule has 0 atom stereocenters. The first-order valence-corrected chi connectivity index (χ1v) is 6.96. The van der Waals surface area contributed by atoms with E-state index < -0.39 is 11.7 Å². The third-order valence-corrected chi connectivity index (χ3v) is 3.60. The lowest BCUT2D eigenvalue weighted by Gasteiger charge is -2.05. The number of nitrogens with two attached hydrogens (primary N) is 1. The predicted molar refractivity (Wildman–Crippen MR) is 79.5 cm³/mol. The molecule has 21 heavy (non-hydrogen) atoms. The molecule has 0 saturated carbocycles. The third-order valence-electron chi connectivity index (χ3n) is 2.60. The van der Waals surface area contributed by atoms with Crippen LogP contribution in [-0.4, -0.2) is 17.6 Å². The van der Waals surface area contributed by atoms with Gasteiger partial charge in [-0.3, -0.25) is 4.79 Å². The van der Waals surface area contributed by atoms with Crippen molar-refractivity contribution >= 4 is 17.2 Å². The normalized spacial score (nSPS) is 9.81. The van der Waals surface area contributed by atoms with Crippen molar-refractivity contribution in [2.45, 2.75) is 6.54 Å². The molecule has 0 spiro atoms. The summed E-state index contributed by atoms with van der Waals surface area (Å²) in [6.07, 6.45) is 0. The molecule has 108 valence electrons. The number of hydrogen-bond donors (Lipinski definition) is 3. The van der Waals surface area contributed by atoms with E-state index in [9.17, 15) is 9.18 Å². The van der Waals surface area contributed by atoms with Gasteiger partial charge in [-0.25, -0.2) is 4.39 Å². The Balaban J connectivity index is 1.99. The Morgan fingerprint density at radius 3 is 2.90 bits per heavy atom. The molecule has 0 aliphatic rings. The molecule has 2 rings (SSSR count). The van der Waals surface area contributed by atoms with E-state index in [0.717, 1.165) is 15.8 Å². The van der Waals surface area contributed by atoms with E-state index in [4.69, 9.17) is 10.8 Å². The Morgan fingerprint density at radius 1 is 1.38 bits per heavy atom. The van der Waals surface area contributed by atoms with Crippen LogP contribution in [0.5, 0.6) is 5.75 Å². The molecule has 2 aromatic rings. The fraction of sp³-hybridized carbons (Fsp3) is 0.133. The van der Waals surface area contributed by atoms with E-state index in [-0.39, 0.29) is 17.9 Å². The Labute approximate surface area is 125 Å². The fourth-order valence-corrected chi connectivity index (χ4v) is 2.45. The molecule has 6 heteroatoms. The maximum Gasteiger partial charge on any atom is 0.254 e. The summed E-state index contributed by atoms with van der Waals surface area (Å²) in [5, 5.41) is 11.7. The van der Waals surface area contributed by atoms with Crippen LogP contribution in [0, 0.1) is 17.7 Å². The molecule has 1 heterocycles. The predicted octanol–water partition coefficient (Wildman–Crippen LogP) is 1.83. The second-order valence-electron chi connectivity index (χ2n) is 4.12. The number of phenols is 1. The molecule has 0 fully saturated rings. The van der Waals surface area contributed by atoms with Gasteiger partial charge >= 0.3 is 0 Å². The van der Waals surface area contributed by atoms with E-state index in [1.165, 1.54) is 23.5 Å². The van der Waals surface area contributed by atoms with Crippen molar-refractivity contribution in [3.63, 3.8) is 0 Å². The Hall–Kier alpha value is -2.36. The molecule has 1 aromatic carbocycles. The summed E-state index contributed by atoms with van der Waals surface area (Å²) in [4.78, 5) is 13.6. The molecule has 4 nitrogen and oxygen atoms in total. The van der Waals surface area contributed by atoms with E-state index >= 15 is 0 Å². The minimum Gasteiger partial charge on any atom is -0.508 e. The smallest absolute Gasteiger partial charge is 0.254 e. The average molecular weight is 304 g/mol. The summed E-state index contributed by atoms with van der Waals surface area (Å²) in [5.41, 5.74) is 5.19. The number of amides is 1. The highest BCUT2D eigenvalue weighted by Crippen LogP contribution is 2.17.